The van der Waals surface area contributed by atoms with Gasteiger partial charge in [0.2, 0.25) is 0 Å². The van der Waals surface area contributed by atoms with Crippen molar-refractivity contribution in [1.29, 1.82) is 0 Å². The van der Waals surface area contributed by atoms with Crippen LogP contribution in [0.1, 0.15) is 18.5 Å². The Kier molecular flexibility index (Phi) is 3.22. The Balaban J connectivity index is 1.91. The number of fused-ring (bicyclic) bond motifs is 3. The second-order valence-corrected chi connectivity index (χ2v) is 6.15. The Morgan fingerprint density at radius 3 is 3.05 bits per heavy atom. The van der Waals surface area contributed by atoms with E-state index in [1.807, 2.05) is 29.6 Å². The summed E-state index contributed by atoms with van der Waals surface area (Å²) in [6, 6.07) is 10.3. The maximum absolute atomic E-state index is 9.48. The number of para-hydroxylation sites is 1. The second-order valence-electron chi connectivity index (χ2n) is 6.15. The van der Waals surface area contributed by atoms with Gasteiger partial charge in [-0.1, -0.05) is 12.1 Å². The first-order chi connectivity index (χ1) is 10.8. The van der Waals surface area contributed by atoms with Crippen molar-refractivity contribution in [3.63, 3.8) is 0 Å². The van der Waals surface area contributed by atoms with Crippen LogP contribution in [0.4, 0.5) is 5.82 Å². The van der Waals surface area contributed by atoms with Crippen molar-refractivity contribution < 1.29 is 5.11 Å². The highest BCUT2D eigenvalue weighted by Crippen LogP contribution is 2.29. The topological polar surface area (TPSA) is 53.7 Å². The molecule has 0 spiro atoms. The van der Waals surface area contributed by atoms with E-state index in [2.05, 4.69) is 22.1 Å². The first kappa shape index (κ1) is 13.5. The zero-order valence-corrected chi connectivity index (χ0v) is 12.7. The van der Waals surface area contributed by atoms with Gasteiger partial charge in [-0.05, 0) is 37.8 Å². The third kappa shape index (κ3) is 2.13. The Labute approximate surface area is 129 Å². The molecule has 1 aliphatic heterocycles. The van der Waals surface area contributed by atoms with Gasteiger partial charge in [0.25, 0.3) is 0 Å². The van der Waals surface area contributed by atoms with Crippen molar-refractivity contribution in [3.05, 3.63) is 36.0 Å². The van der Waals surface area contributed by atoms with Gasteiger partial charge in [0.1, 0.15) is 5.82 Å². The molecular weight excluding hydrogens is 276 g/mol. The number of aliphatic hydroxyl groups is 1. The Morgan fingerprint density at radius 1 is 1.32 bits per heavy atom. The molecule has 22 heavy (non-hydrogen) atoms. The first-order valence-corrected chi connectivity index (χ1v) is 7.87. The van der Waals surface area contributed by atoms with Crippen LogP contribution in [0.3, 0.4) is 0 Å². The summed E-state index contributed by atoms with van der Waals surface area (Å²) in [6.07, 6.45) is 2.20. The Bertz CT molecular complexity index is 826. The molecule has 3 heterocycles. The van der Waals surface area contributed by atoms with Crippen LogP contribution < -0.4 is 4.90 Å². The van der Waals surface area contributed by atoms with E-state index < -0.39 is 0 Å². The third-order valence-corrected chi connectivity index (χ3v) is 4.48. The Morgan fingerprint density at radius 2 is 2.18 bits per heavy atom. The van der Waals surface area contributed by atoms with Crippen molar-refractivity contribution in [1.82, 2.24) is 14.6 Å². The lowest BCUT2D eigenvalue weighted by Gasteiger charge is -2.33. The van der Waals surface area contributed by atoms with E-state index in [0.717, 1.165) is 54.0 Å². The van der Waals surface area contributed by atoms with Crippen molar-refractivity contribution in [2.45, 2.75) is 19.8 Å². The molecule has 0 radical (unpaired) electrons. The molecule has 1 saturated heterocycles. The van der Waals surface area contributed by atoms with Crippen LogP contribution in [0.5, 0.6) is 0 Å². The van der Waals surface area contributed by atoms with Crippen LogP contribution >= 0.6 is 0 Å². The van der Waals surface area contributed by atoms with Crippen LogP contribution in [0.15, 0.2) is 30.3 Å². The zero-order chi connectivity index (χ0) is 15.1. The molecule has 1 N–H and O–H groups in total. The third-order valence-electron chi connectivity index (χ3n) is 4.48. The number of aliphatic hydroxyl groups excluding tert-OH is 1. The summed E-state index contributed by atoms with van der Waals surface area (Å²) in [5.41, 5.74) is 2.95. The fourth-order valence-electron chi connectivity index (χ4n) is 3.41. The number of rotatable bonds is 2. The van der Waals surface area contributed by atoms with E-state index in [4.69, 9.17) is 4.98 Å². The van der Waals surface area contributed by atoms with Crippen molar-refractivity contribution in [3.8, 4) is 0 Å². The van der Waals surface area contributed by atoms with E-state index in [1.54, 1.807) is 0 Å². The van der Waals surface area contributed by atoms with Gasteiger partial charge in [-0.25, -0.2) is 9.50 Å². The zero-order valence-electron chi connectivity index (χ0n) is 12.7. The number of nitrogens with zero attached hydrogens (tertiary/aromatic N) is 4. The lowest BCUT2D eigenvalue weighted by Crippen LogP contribution is -2.37. The predicted octanol–water partition coefficient (Wildman–Crippen LogP) is 2.40. The summed E-state index contributed by atoms with van der Waals surface area (Å²) in [7, 11) is 0. The quantitative estimate of drug-likeness (QED) is 0.789. The highest BCUT2D eigenvalue weighted by Gasteiger charge is 2.22. The number of piperidine rings is 1. The number of hydrogen-bond donors (Lipinski definition) is 1. The molecule has 0 amide bonds. The molecule has 1 fully saturated rings. The molecule has 0 saturated carbocycles. The largest absolute Gasteiger partial charge is 0.396 e. The first-order valence-electron chi connectivity index (χ1n) is 7.87. The van der Waals surface area contributed by atoms with E-state index in [0.29, 0.717) is 5.92 Å². The number of anilines is 1. The number of aromatic nitrogens is 3. The average Bonchev–Trinajstić information content (AvgIpc) is 2.94. The molecule has 1 aromatic carbocycles. The molecule has 0 unspecified atom stereocenters. The molecule has 1 aliphatic rings. The Hall–Kier alpha value is -2.14. The van der Waals surface area contributed by atoms with E-state index in [9.17, 15) is 5.11 Å². The summed E-state index contributed by atoms with van der Waals surface area (Å²) in [6.45, 7) is 4.11. The van der Waals surface area contributed by atoms with Crippen LogP contribution in [0.2, 0.25) is 0 Å². The van der Waals surface area contributed by atoms with Crippen molar-refractivity contribution >= 4 is 22.4 Å². The molecule has 0 bridgehead atoms. The van der Waals surface area contributed by atoms with Gasteiger partial charge in [0.15, 0.2) is 5.65 Å². The highest BCUT2D eigenvalue weighted by molar-refractivity contribution is 5.91. The molecule has 1 atom stereocenters. The minimum absolute atomic E-state index is 0.252. The molecule has 2 aromatic heterocycles. The summed E-state index contributed by atoms with van der Waals surface area (Å²) >= 11 is 0. The number of hydrogen-bond acceptors (Lipinski definition) is 4. The minimum atomic E-state index is 0.252. The van der Waals surface area contributed by atoms with Crippen LogP contribution in [0.25, 0.3) is 16.6 Å². The molecule has 0 aliphatic carbocycles. The summed E-state index contributed by atoms with van der Waals surface area (Å²) < 4.78 is 1.92. The molecular formula is C17H20N4O. The van der Waals surface area contributed by atoms with E-state index in [1.165, 1.54) is 0 Å². The van der Waals surface area contributed by atoms with Gasteiger partial charge < -0.3 is 10.0 Å². The smallest absolute Gasteiger partial charge is 0.158 e. The van der Waals surface area contributed by atoms with Crippen molar-refractivity contribution in [2.75, 3.05) is 24.6 Å². The minimum Gasteiger partial charge on any atom is -0.396 e. The van der Waals surface area contributed by atoms with Gasteiger partial charge in [-0.15, -0.1) is 0 Å². The standard InChI is InChI=1S/C17H20N4O/c1-12-9-16-18-17(20-8-4-5-13(10-20)11-22)14-6-2-3-7-15(14)21(16)19-12/h2-3,6-7,9,13,22H,4-5,8,10-11H2,1H3/t13-/m0/s1. The van der Waals surface area contributed by atoms with Gasteiger partial charge in [0, 0.05) is 31.1 Å². The fourth-order valence-corrected chi connectivity index (χ4v) is 3.41. The van der Waals surface area contributed by atoms with E-state index >= 15 is 0 Å². The van der Waals surface area contributed by atoms with Crippen LogP contribution in [-0.2, 0) is 0 Å². The van der Waals surface area contributed by atoms with E-state index in [-0.39, 0.29) is 6.61 Å². The van der Waals surface area contributed by atoms with Crippen LogP contribution in [-0.4, -0.2) is 39.4 Å². The summed E-state index contributed by atoms with van der Waals surface area (Å²) in [5, 5.41) is 15.2. The maximum atomic E-state index is 9.48. The number of aryl methyl sites for hydroxylation is 1. The second kappa shape index (κ2) is 5.25. The highest BCUT2D eigenvalue weighted by atomic mass is 16.3. The number of benzene rings is 1. The average molecular weight is 296 g/mol. The lowest BCUT2D eigenvalue weighted by molar-refractivity contribution is 0.208. The molecule has 4 rings (SSSR count). The van der Waals surface area contributed by atoms with Gasteiger partial charge in [-0.2, -0.15) is 5.10 Å². The molecule has 114 valence electrons. The normalized spacial score (nSPS) is 19.2. The van der Waals surface area contributed by atoms with Gasteiger partial charge >= 0.3 is 0 Å². The monoisotopic (exact) mass is 296 g/mol. The fraction of sp³-hybridized carbons (Fsp3) is 0.412. The van der Waals surface area contributed by atoms with Crippen molar-refractivity contribution in [2.24, 2.45) is 5.92 Å². The summed E-state index contributed by atoms with van der Waals surface area (Å²) in [4.78, 5) is 7.18. The SMILES string of the molecule is Cc1cc2nc(N3CCC[C@H](CO)C3)c3ccccc3n2n1. The molecule has 5 nitrogen and oxygen atoms in total. The maximum Gasteiger partial charge on any atom is 0.158 e. The lowest BCUT2D eigenvalue weighted by atomic mass is 9.99. The molecule has 3 aromatic rings. The predicted molar refractivity (Wildman–Crippen MR) is 87.3 cm³/mol. The van der Waals surface area contributed by atoms with Gasteiger partial charge in [-0.3, -0.25) is 0 Å². The molecule has 5 heteroatoms. The summed E-state index contributed by atoms with van der Waals surface area (Å²) in [5.74, 6) is 1.36. The van der Waals surface area contributed by atoms with Gasteiger partial charge in [0.05, 0.1) is 11.2 Å². The van der Waals surface area contributed by atoms with Crippen LogP contribution in [0, 0.1) is 12.8 Å².